The molecule has 0 saturated carbocycles. The van der Waals surface area contributed by atoms with E-state index >= 15 is 0 Å². The van der Waals surface area contributed by atoms with Crippen molar-refractivity contribution in [2.24, 2.45) is 0 Å². The van der Waals surface area contributed by atoms with Crippen molar-refractivity contribution in [3.63, 3.8) is 0 Å². The largest absolute Gasteiger partial charge is 0.485 e. The van der Waals surface area contributed by atoms with Crippen LogP contribution >= 0.6 is 11.8 Å². The molecule has 0 fully saturated rings. The second kappa shape index (κ2) is 10.4. The molecule has 0 aliphatic rings. The van der Waals surface area contributed by atoms with E-state index < -0.39 is 0 Å². The molecule has 0 radical (unpaired) electrons. The lowest BCUT2D eigenvalue weighted by Crippen LogP contribution is -2.15. The number of carbonyl (C=O) groups is 1. The minimum atomic E-state index is -0.0889. The highest BCUT2D eigenvalue weighted by Gasteiger charge is 2.17. The van der Waals surface area contributed by atoms with E-state index in [0.717, 1.165) is 33.8 Å². The average Bonchev–Trinajstić information content (AvgIpc) is 3.23. The molecule has 0 spiro atoms. The molecule has 6 nitrogen and oxygen atoms in total. The number of hydrogen-bond acceptors (Lipinski definition) is 5. The lowest BCUT2D eigenvalue weighted by Gasteiger charge is -2.12. The first kappa shape index (κ1) is 22.6. The van der Waals surface area contributed by atoms with Crippen LogP contribution in [-0.2, 0) is 11.4 Å². The Kier molecular flexibility index (Phi) is 7.10. The van der Waals surface area contributed by atoms with Gasteiger partial charge < -0.3 is 10.1 Å². The van der Waals surface area contributed by atoms with E-state index in [0.29, 0.717) is 11.0 Å². The third kappa shape index (κ3) is 5.43. The van der Waals surface area contributed by atoms with Crippen LogP contribution in [0.1, 0.15) is 22.5 Å². The zero-order valence-corrected chi connectivity index (χ0v) is 19.7. The van der Waals surface area contributed by atoms with E-state index in [1.54, 1.807) is 0 Å². The molecule has 0 saturated heterocycles. The number of rotatable bonds is 8. The minimum Gasteiger partial charge on any atom is -0.485 e. The third-order valence-electron chi connectivity index (χ3n) is 5.38. The molecule has 0 aliphatic heterocycles. The van der Waals surface area contributed by atoms with Crippen molar-refractivity contribution >= 4 is 23.4 Å². The minimum absolute atomic E-state index is 0.0889. The predicted molar refractivity (Wildman–Crippen MR) is 132 cm³/mol. The van der Waals surface area contributed by atoms with Gasteiger partial charge in [-0.2, -0.15) is 0 Å². The maximum absolute atomic E-state index is 12.6. The first-order chi connectivity index (χ1) is 16.0. The van der Waals surface area contributed by atoms with E-state index in [-0.39, 0.29) is 18.3 Å². The van der Waals surface area contributed by atoms with Crippen LogP contribution in [-0.4, -0.2) is 26.4 Å². The molecule has 0 atom stereocenters. The van der Waals surface area contributed by atoms with E-state index in [9.17, 15) is 4.79 Å². The highest BCUT2D eigenvalue weighted by Crippen LogP contribution is 2.25. The molecular formula is C26H26N4O2S. The summed E-state index contributed by atoms with van der Waals surface area (Å²) in [5.74, 6) is 1.61. The molecule has 0 bridgehead atoms. The molecule has 1 heterocycles. The van der Waals surface area contributed by atoms with Gasteiger partial charge in [0.25, 0.3) is 0 Å². The topological polar surface area (TPSA) is 69.0 Å². The maximum atomic E-state index is 12.6. The summed E-state index contributed by atoms with van der Waals surface area (Å²) in [4.78, 5) is 12.6. The van der Waals surface area contributed by atoms with Crippen LogP contribution in [0.15, 0.2) is 78.0 Å². The molecule has 4 rings (SSSR count). The third-order valence-corrected chi connectivity index (χ3v) is 6.31. The SMILES string of the molecule is Cc1ccccc1OCc1nnc(SCC(=O)Nc2cccc(C)c2C)n1-c1ccccc1. The Morgan fingerprint density at radius 2 is 1.64 bits per heavy atom. The van der Waals surface area contributed by atoms with Gasteiger partial charge in [0.1, 0.15) is 12.4 Å². The summed E-state index contributed by atoms with van der Waals surface area (Å²) in [6.45, 7) is 6.31. The molecule has 1 amide bonds. The Morgan fingerprint density at radius 1 is 0.909 bits per heavy atom. The van der Waals surface area contributed by atoms with Crippen LogP contribution in [0.3, 0.4) is 0 Å². The zero-order valence-electron chi connectivity index (χ0n) is 18.9. The van der Waals surface area contributed by atoms with Crippen LogP contribution in [0.25, 0.3) is 5.69 Å². The van der Waals surface area contributed by atoms with Crippen LogP contribution in [0.2, 0.25) is 0 Å². The van der Waals surface area contributed by atoms with Gasteiger partial charge in [-0.15, -0.1) is 10.2 Å². The summed E-state index contributed by atoms with van der Waals surface area (Å²) in [7, 11) is 0. The van der Waals surface area contributed by atoms with Crippen molar-refractivity contribution in [1.82, 2.24) is 14.8 Å². The molecule has 1 aromatic heterocycles. The summed E-state index contributed by atoms with van der Waals surface area (Å²) in [5.41, 5.74) is 5.02. The van der Waals surface area contributed by atoms with Crippen LogP contribution in [0.5, 0.6) is 5.75 Å². The summed E-state index contributed by atoms with van der Waals surface area (Å²) >= 11 is 1.35. The number of aromatic nitrogens is 3. The summed E-state index contributed by atoms with van der Waals surface area (Å²) in [6.07, 6.45) is 0. The summed E-state index contributed by atoms with van der Waals surface area (Å²) < 4.78 is 7.95. The van der Waals surface area contributed by atoms with E-state index in [1.165, 1.54) is 11.8 Å². The fourth-order valence-corrected chi connectivity index (χ4v) is 4.16. The van der Waals surface area contributed by atoms with Gasteiger partial charge in [0, 0.05) is 11.4 Å². The highest BCUT2D eigenvalue weighted by atomic mass is 32.2. The van der Waals surface area contributed by atoms with E-state index in [4.69, 9.17) is 4.74 Å². The molecular weight excluding hydrogens is 432 g/mol. The number of benzene rings is 3. The van der Waals surface area contributed by atoms with Crippen molar-refractivity contribution in [2.75, 3.05) is 11.1 Å². The fraction of sp³-hybridized carbons (Fsp3) is 0.192. The Labute approximate surface area is 198 Å². The number of nitrogens with zero attached hydrogens (tertiary/aromatic N) is 3. The molecule has 7 heteroatoms. The number of aryl methyl sites for hydroxylation is 2. The van der Waals surface area contributed by atoms with Crippen LogP contribution in [0.4, 0.5) is 5.69 Å². The predicted octanol–water partition coefficient (Wildman–Crippen LogP) is 5.50. The van der Waals surface area contributed by atoms with Gasteiger partial charge in [0.2, 0.25) is 5.91 Å². The quantitative estimate of drug-likeness (QED) is 0.353. The van der Waals surface area contributed by atoms with Gasteiger partial charge in [0.15, 0.2) is 11.0 Å². The summed E-state index contributed by atoms with van der Waals surface area (Å²) in [6, 6.07) is 23.6. The second-order valence-corrected chi connectivity index (χ2v) is 8.65. The standard InChI is InChI=1S/C26H26N4O2S/c1-18-11-9-14-22(20(18)3)27-25(31)17-33-26-29-28-24(30(26)21-12-5-4-6-13-21)16-32-23-15-8-7-10-19(23)2/h4-15H,16-17H2,1-3H3,(H,27,31). The van der Waals surface area contributed by atoms with Crippen molar-refractivity contribution in [3.8, 4) is 11.4 Å². The van der Waals surface area contributed by atoms with Gasteiger partial charge in [-0.05, 0) is 61.7 Å². The summed E-state index contributed by atoms with van der Waals surface area (Å²) in [5, 5.41) is 12.4. The first-order valence-electron chi connectivity index (χ1n) is 10.7. The van der Waals surface area contributed by atoms with Gasteiger partial charge >= 0.3 is 0 Å². The second-order valence-electron chi connectivity index (χ2n) is 7.71. The zero-order chi connectivity index (χ0) is 23.2. The first-order valence-corrected chi connectivity index (χ1v) is 11.7. The molecule has 168 valence electrons. The highest BCUT2D eigenvalue weighted by molar-refractivity contribution is 7.99. The normalized spacial score (nSPS) is 10.8. The fourth-order valence-electron chi connectivity index (χ4n) is 3.39. The molecule has 3 aromatic carbocycles. The number of amides is 1. The van der Waals surface area contributed by atoms with Crippen molar-refractivity contribution in [3.05, 3.63) is 95.3 Å². The molecule has 0 unspecified atom stereocenters. The molecule has 33 heavy (non-hydrogen) atoms. The molecule has 1 N–H and O–H groups in total. The lowest BCUT2D eigenvalue weighted by atomic mass is 10.1. The van der Waals surface area contributed by atoms with Crippen molar-refractivity contribution < 1.29 is 9.53 Å². The average molecular weight is 459 g/mol. The monoisotopic (exact) mass is 458 g/mol. The lowest BCUT2D eigenvalue weighted by molar-refractivity contribution is -0.113. The van der Waals surface area contributed by atoms with Gasteiger partial charge in [-0.25, -0.2) is 0 Å². The number of thioether (sulfide) groups is 1. The van der Waals surface area contributed by atoms with E-state index in [1.807, 2.05) is 98.1 Å². The number of ether oxygens (including phenoxy) is 1. The number of hydrogen-bond donors (Lipinski definition) is 1. The van der Waals surface area contributed by atoms with Crippen molar-refractivity contribution in [1.29, 1.82) is 0 Å². The number of para-hydroxylation sites is 2. The number of nitrogens with one attached hydrogen (secondary N) is 1. The smallest absolute Gasteiger partial charge is 0.234 e. The molecule has 0 aliphatic carbocycles. The van der Waals surface area contributed by atoms with Gasteiger partial charge in [-0.1, -0.05) is 60.3 Å². The Balaban J connectivity index is 1.51. The van der Waals surface area contributed by atoms with Gasteiger partial charge in [-0.3, -0.25) is 9.36 Å². The Hall–Kier alpha value is -3.58. The maximum Gasteiger partial charge on any atom is 0.234 e. The number of anilines is 1. The van der Waals surface area contributed by atoms with Crippen LogP contribution < -0.4 is 10.1 Å². The van der Waals surface area contributed by atoms with E-state index in [2.05, 4.69) is 15.5 Å². The van der Waals surface area contributed by atoms with Crippen LogP contribution in [0, 0.1) is 20.8 Å². The van der Waals surface area contributed by atoms with Crippen molar-refractivity contribution in [2.45, 2.75) is 32.5 Å². The Morgan fingerprint density at radius 3 is 2.42 bits per heavy atom. The Bertz CT molecular complexity index is 1250. The molecule has 4 aromatic rings. The van der Waals surface area contributed by atoms with Gasteiger partial charge in [0.05, 0.1) is 5.75 Å². The number of carbonyl (C=O) groups excluding carboxylic acids is 1.